The molecule has 2 atom stereocenters. The van der Waals surface area contributed by atoms with E-state index < -0.39 is 32.4 Å². The topological polar surface area (TPSA) is 66.4 Å². The van der Waals surface area contributed by atoms with E-state index >= 15 is 0 Å². The molecule has 1 aromatic rings. The summed E-state index contributed by atoms with van der Waals surface area (Å²) in [6.45, 7) is 11.0. The summed E-state index contributed by atoms with van der Waals surface area (Å²) in [5.74, 6) is -1.000. The van der Waals surface area contributed by atoms with Crippen LogP contribution in [0.15, 0.2) is 54.5 Å². The van der Waals surface area contributed by atoms with Crippen LogP contribution in [0.25, 0.3) is 0 Å². The molecule has 0 unspecified atom stereocenters. The van der Waals surface area contributed by atoms with Crippen molar-refractivity contribution in [3.63, 3.8) is 0 Å². The summed E-state index contributed by atoms with van der Waals surface area (Å²) in [7, 11) is -4.12. The summed E-state index contributed by atoms with van der Waals surface area (Å²) in [6, 6.07) is 4.36. The van der Waals surface area contributed by atoms with Crippen LogP contribution >= 0.6 is 0 Å². The van der Waals surface area contributed by atoms with Crippen molar-refractivity contribution in [3.05, 3.63) is 55.4 Å². The molecule has 0 saturated carbocycles. The fourth-order valence-corrected chi connectivity index (χ4v) is 4.22. The average molecular weight is 355 g/mol. The van der Waals surface area contributed by atoms with Crippen molar-refractivity contribution in [3.8, 4) is 0 Å². The molecule has 0 heterocycles. The fourth-order valence-electron chi connectivity index (χ4n) is 2.72. The lowest BCUT2D eigenvalue weighted by Crippen LogP contribution is -2.55. The number of aliphatic hydroxyl groups is 1. The zero-order valence-corrected chi connectivity index (χ0v) is 15.0. The van der Waals surface area contributed by atoms with Gasteiger partial charge in [-0.3, -0.25) is 0 Å². The molecule has 2 N–H and O–H groups in total. The molecule has 0 bridgehead atoms. The number of nitrogens with one attached hydrogen (secondary N) is 1. The van der Waals surface area contributed by atoms with Crippen molar-refractivity contribution in [1.29, 1.82) is 0 Å². The molecule has 0 amide bonds. The minimum atomic E-state index is -4.12. The van der Waals surface area contributed by atoms with Crippen LogP contribution in [-0.2, 0) is 10.0 Å². The Labute approximate surface area is 144 Å². The SMILES string of the molecule is C=CCC(O)(CC=C)[C@@H](NS(=O)(=O)c1ccccc1F)[C@@H](C)CC. The van der Waals surface area contributed by atoms with E-state index in [1.54, 1.807) is 0 Å². The molecule has 0 saturated heterocycles. The Hall–Kier alpha value is -1.50. The van der Waals surface area contributed by atoms with Crippen molar-refractivity contribution >= 4 is 10.0 Å². The van der Waals surface area contributed by atoms with E-state index in [2.05, 4.69) is 17.9 Å². The first-order valence-electron chi connectivity index (χ1n) is 7.93. The first-order valence-corrected chi connectivity index (χ1v) is 9.41. The van der Waals surface area contributed by atoms with E-state index in [1.165, 1.54) is 30.4 Å². The summed E-state index contributed by atoms with van der Waals surface area (Å²) < 4.78 is 41.6. The molecule has 1 aromatic carbocycles. The van der Waals surface area contributed by atoms with Gasteiger partial charge in [-0.25, -0.2) is 17.5 Å². The van der Waals surface area contributed by atoms with Crippen LogP contribution in [0.4, 0.5) is 4.39 Å². The van der Waals surface area contributed by atoms with Crippen LogP contribution < -0.4 is 4.72 Å². The average Bonchev–Trinajstić information content (AvgIpc) is 2.52. The molecular formula is C18H26FNO3S. The van der Waals surface area contributed by atoms with Gasteiger partial charge in [0.15, 0.2) is 0 Å². The molecule has 0 fully saturated rings. The quantitative estimate of drug-likeness (QED) is 0.632. The zero-order valence-electron chi connectivity index (χ0n) is 14.2. The molecule has 0 aliphatic heterocycles. The predicted octanol–water partition coefficient (Wildman–Crippen LogP) is 3.40. The third-order valence-electron chi connectivity index (χ3n) is 4.20. The summed E-state index contributed by atoms with van der Waals surface area (Å²) in [4.78, 5) is -0.433. The number of benzene rings is 1. The highest BCUT2D eigenvalue weighted by molar-refractivity contribution is 7.89. The van der Waals surface area contributed by atoms with Crippen molar-refractivity contribution in [1.82, 2.24) is 4.72 Å². The normalized spacial score (nSPS) is 14.8. The molecular weight excluding hydrogens is 329 g/mol. The second-order valence-electron chi connectivity index (χ2n) is 6.00. The lowest BCUT2D eigenvalue weighted by Gasteiger charge is -2.38. The van der Waals surface area contributed by atoms with E-state index in [1.807, 2.05) is 13.8 Å². The number of sulfonamides is 1. The predicted molar refractivity (Wildman–Crippen MR) is 94.5 cm³/mol. The fraction of sp³-hybridized carbons (Fsp3) is 0.444. The van der Waals surface area contributed by atoms with Crippen LogP contribution in [0.3, 0.4) is 0 Å². The smallest absolute Gasteiger partial charge is 0.243 e. The Balaban J connectivity index is 3.29. The van der Waals surface area contributed by atoms with E-state index in [9.17, 15) is 17.9 Å². The van der Waals surface area contributed by atoms with Crippen LogP contribution in [0.5, 0.6) is 0 Å². The molecule has 0 aromatic heterocycles. The Kier molecular flexibility index (Phi) is 7.32. The van der Waals surface area contributed by atoms with Gasteiger partial charge >= 0.3 is 0 Å². The third kappa shape index (κ3) is 4.75. The summed E-state index contributed by atoms with van der Waals surface area (Å²) >= 11 is 0. The highest BCUT2D eigenvalue weighted by Crippen LogP contribution is 2.29. The Morgan fingerprint density at radius 1 is 1.29 bits per heavy atom. The van der Waals surface area contributed by atoms with Gasteiger partial charge in [-0.05, 0) is 30.9 Å². The zero-order chi connectivity index (χ0) is 18.4. The highest BCUT2D eigenvalue weighted by Gasteiger charge is 2.40. The minimum Gasteiger partial charge on any atom is -0.388 e. The van der Waals surface area contributed by atoms with Gasteiger partial charge in [0, 0.05) is 0 Å². The van der Waals surface area contributed by atoms with Crippen LogP contribution in [0.1, 0.15) is 33.1 Å². The lowest BCUT2D eigenvalue weighted by molar-refractivity contribution is -0.00405. The second-order valence-corrected chi connectivity index (χ2v) is 7.69. The lowest BCUT2D eigenvalue weighted by atomic mass is 9.80. The minimum absolute atomic E-state index is 0.170. The largest absolute Gasteiger partial charge is 0.388 e. The number of hydrogen-bond donors (Lipinski definition) is 2. The van der Waals surface area contributed by atoms with Crippen LogP contribution in [0.2, 0.25) is 0 Å². The number of hydrogen-bond acceptors (Lipinski definition) is 3. The van der Waals surface area contributed by atoms with Gasteiger partial charge in [0.05, 0.1) is 11.6 Å². The first kappa shape index (κ1) is 20.5. The standard InChI is InChI=1S/C18H26FNO3S/c1-5-12-18(21,13-6-2)17(14(4)7-3)20-24(22,23)16-11-9-8-10-15(16)19/h5-6,8-11,14,17,20-21H,1-2,7,12-13H2,3-4H3/t14-,17-/m0/s1. The van der Waals surface area contributed by atoms with Gasteiger partial charge in [0.25, 0.3) is 0 Å². The monoisotopic (exact) mass is 355 g/mol. The van der Waals surface area contributed by atoms with E-state index in [4.69, 9.17) is 0 Å². The van der Waals surface area contributed by atoms with Gasteiger partial charge < -0.3 is 5.11 Å². The van der Waals surface area contributed by atoms with Crippen molar-refractivity contribution in [2.75, 3.05) is 0 Å². The van der Waals surface area contributed by atoms with Crippen LogP contribution in [-0.4, -0.2) is 25.2 Å². The van der Waals surface area contributed by atoms with Gasteiger partial charge in [-0.15, -0.1) is 13.2 Å². The molecule has 0 spiro atoms. The molecule has 0 aliphatic rings. The number of rotatable bonds is 10. The first-order chi connectivity index (χ1) is 11.2. The van der Waals surface area contributed by atoms with Gasteiger partial charge in [0.1, 0.15) is 10.7 Å². The van der Waals surface area contributed by atoms with E-state index in [0.29, 0.717) is 6.42 Å². The van der Waals surface area contributed by atoms with Crippen molar-refractivity contribution < 1.29 is 17.9 Å². The Bertz CT molecular complexity index is 663. The Morgan fingerprint density at radius 3 is 2.29 bits per heavy atom. The van der Waals surface area contributed by atoms with E-state index in [-0.39, 0.29) is 18.8 Å². The molecule has 0 radical (unpaired) electrons. The summed E-state index contributed by atoms with van der Waals surface area (Å²) in [5.41, 5.74) is -1.38. The molecule has 1 rings (SSSR count). The molecule has 0 aliphatic carbocycles. The second kappa shape index (κ2) is 8.55. The Morgan fingerprint density at radius 2 is 1.83 bits per heavy atom. The molecule has 6 heteroatoms. The number of halogens is 1. The molecule has 24 heavy (non-hydrogen) atoms. The highest BCUT2D eigenvalue weighted by atomic mass is 32.2. The van der Waals surface area contributed by atoms with Gasteiger partial charge in [-0.1, -0.05) is 44.6 Å². The maximum absolute atomic E-state index is 13.9. The molecule has 134 valence electrons. The van der Waals surface area contributed by atoms with Crippen molar-refractivity contribution in [2.24, 2.45) is 5.92 Å². The van der Waals surface area contributed by atoms with Crippen molar-refractivity contribution in [2.45, 2.75) is 49.6 Å². The summed E-state index contributed by atoms with van der Waals surface area (Å²) in [6.07, 6.45) is 4.09. The van der Waals surface area contributed by atoms with Crippen LogP contribution in [0, 0.1) is 11.7 Å². The maximum Gasteiger partial charge on any atom is 0.243 e. The van der Waals surface area contributed by atoms with Gasteiger partial charge in [-0.2, -0.15) is 0 Å². The van der Waals surface area contributed by atoms with Gasteiger partial charge in [0.2, 0.25) is 10.0 Å². The molecule has 4 nitrogen and oxygen atoms in total. The third-order valence-corrected chi connectivity index (χ3v) is 5.67. The summed E-state index contributed by atoms with van der Waals surface area (Å²) in [5, 5.41) is 11.0. The van der Waals surface area contributed by atoms with E-state index in [0.717, 1.165) is 6.07 Å². The maximum atomic E-state index is 13.9.